The third kappa shape index (κ3) is 3480. The molecule has 0 aliphatic carbocycles. The maximum absolute atomic E-state index is 9.00. The Bertz CT molecular complexity index is 204. The molecule has 1 radical (unpaired) electrons. The van der Waals surface area contributed by atoms with Crippen molar-refractivity contribution in [2.45, 2.75) is 27.7 Å². The van der Waals surface area contributed by atoms with E-state index in [0.717, 1.165) is 27.7 Å². The molecule has 10 N–H and O–H groups in total. The van der Waals surface area contributed by atoms with Gasteiger partial charge >= 0.3 is 59.1 Å². The molecular weight excluding hydrogens is 361 g/mol. The van der Waals surface area contributed by atoms with Crippen LogP contribution in [0.2, 0.25) is 0 Å². The Balaban J connectivity index is -0.0000000161. The van der Waals surface area contributed by atoms with Gasteiger partial charge in [-0.15, -0.1) is 0 Å². The van der Waals surface area contributed by atoms with Crippen molar-refractivity contribution in [2.24, 2.45) is 11.5 Å². The van der Waals surface area contributed by atoms with Crippen molar-refractivity contribution in [3.63, 3.8) is 0 Å². The van der Waals surface area contributed by atoms with Crippen LogP contribution >= 0.6 is 0 Å². The second-order valence-electron chi connectivity index (χ2n) is 2.65. The molecule has 11 nitrogen and oxygen atoms in total. The summed E-state index contributed by atoms with van der Waals surface area (Å²) < 4.78 is 0. The largest absolute Gasteiger partial charge is 0 e. The van der Waals surface area contributed by atoms with E-state index in [1.54, 1.807) is 0 Å². The van der Waals surface area contributed by atoms with E-state index in [0.29, 0.717) is 13.1 Å². The summed E-state index contributed by atoms with van der Waals surface area (Å²) in [5.41, 5.74) is 9.81. The predicted octanol–water partition coefficient (Wildman–Crippen LogP) is -3.24. The predicted molar refractivity (Wildman–Crippen MR) is 95.0 cm³/mol. The number of carbonyl (C=O) groups is 4. The maximum atomic E-state index is 9.00. The zero-order chi connectivity index (χ0) is 17.7. The van der Waals surface area contributed by atoms with Crippen LogP contribution in [0.15, 0.2) is 0 Å². The van der Waals surface area contributed by atoms with Crippen molar-refractivity contribution in [3.8, 4) is 0 Å². The molecule has 0 saturated heterocycles. The van der Waals surface area contributed by atoms with Crippen LogP contribution in [-0.2, 0) is 19.2 Å². The van der Waals surface area contributed by atoms with Crippen LogP contribution in [0.5, 0.6) is 0 Å². The van der Waals surface area contributed by atoms with Gasteiger partial charge in [0.2, 0.25) is 0 Å². The molecule has 0 saturated carbocycles. The topological polar surface area (TPSA) is 233 Å². The van der Waals surface area contributed by atoms with Crippen molar-refractivity contribution < 1.29 is 45.1 Å². The number of hydrogen-bond acceptors (Lipinski definition) is 6. The van der Waals surface area contributed by atoms with E-state index < -0.39 is 23.9 Å². The van der Waals surface area contributed by atoms with Gasteiger partial charge in [-0.25, -0.2) is 0 Å². The molecule has 0 atom stereocenters. The molecule has 14 heteroatoms. The monoisotopic (exact) mass is 389 g/mol. The Morgan fingerprint density at radius 2 is 0.667 bits per heavy atom. The second kappa shape index (κ2) is 56.5. The van der Waals surface area contributed by atoms with Gasteiger partial charge in [-0.05, 0) is 0 Å². The van der Waals surface area contributed by atoms with E-state index in [4.69, 9.17) is 51.1 Å². The van der Waals surface area contributed by atoms with Crippen molar-refractivity contribution in [2.75, 3.05) is 13.1 Å². The van der Waals surface area contributed by atoms with Gasteiger partial charge < -0.3 is 37.4 Å². The molecule has 135 valence electrons. The minimum absolute atomic E-state index is 0. The Labute approximate surface area is 207 Å². The summed E-state index contributed by atoms with van der Waals surface area (Å²) in [7, 11) is 0. The van der Waals surface area contributed by atoms with Gasteiger partial charge in [0.1, 0.15) is 0 Å². The summed E-state index contributed by atoms with van der Waals surface area (Å²) in [5, 5.41) is 29.7. The Morgan fingerprint density at radius 1 is 0.625 bits per heavy atom. The van der Waals surface area contributed by atoms with E-state index in [-0.39, 0.29) is 94.1 Å². The van der Waals surface area contributed by atoms with Gasteiger partial charge in [0.05, 0.1) is 0 Å². The average Bonchev–Trinajstić information content (AvgIpc) is 2.13. The average molecular weight is 389 g/mol. The number of aliphatic carboxylic acids is 4. The quantitative estimate of drug-likeness (QED) is 0.245. The maximum Gasteiger partial charge on any atom is 0 e. The number of nitrogens with two attached hydrogens (primary N) is 2. The van der Waals surface area contributed by atoms with E-state index in [1.165, 1.54) is 0 Å². The molecule has 0 aromatic rings. The van der Waals surface area contributed by atoms with E-state index in [1.807, 2.05) is 0 Å². The molecular formula is C10H28N2Na3O9. The minimum atomic E-state index is -0.833. The second-order valence-corrected chi connectivity index (χ2v) is 2.65. The van der Waals surface area contributed by atoms with Crippen LogP contribution in [0.25, 0.3) is 0 Å². The molecule has 0 rings (SSSR count). The molecule has 0 spiro atoms. The zero-order valence-corrected chi connectivity index (χ0v) is 15.5. The fourth-order valence-electron chi connectivity index (χ4n) is 0. The first-order valence-electron chi connectivity index (χ1n) is 5.03. The molecule has 0 heterocycles. The van der Waals surface area contributed by atoms with Crippen LogP contribution in [0.1, 0.15) is 27.7 Å². The molecule has 0 aliphatic rings. The minimum Gasteiger partial charge on any atom is 0 e. The molecule has 0 amide bonds. The normalized spacial score (nSPS) is 5.42. The fraction of sp³-hybridized carbons (Fsp3) is 0.600. The van der Waals surface area contributed by atoms with Crippen LogP contribution in [0.3, 0.4) is 0 Å². The third-order valence-corrected chi connectivity index (χ3v) is 0.167. The molecule has 0 unspecified atom stereocenters. The van der Waals surface area contributed by atoms with Gasteiger partial charge in [-0.1, -0.05) is 0 Å². The fourth-order valence-corrected chi connectivity index (χ4v) is 0. The summed E-state index contributed by atoms with van der Waals surface area (Å²) in [6, 6.07) is 0. The van der Waals surface area contributed by atoms with E-state index in [2.05, 4.69) is 0 Å². The van der Waals surface area contributed by atoms with E-state index in [9.17, 15) is 0 Å². The summed E-state index contributed by atoms with van der Waals surface area (Å²) >= 11 is 0. The number of rotatable bonds is 1. The molecule has 0 fully saturated rings. The third-order valence-electron chi connectivity index (χ3n) is 0.167. The van der Waals surface area contributed by atoms with Crippen LogP contribution in [0.4, 0.5) is 0 Å². The molecule has 0 aromatic heterocycles. The Hall–Kier alpha value is 0.760. The summed E-state index contributed by atoms with van der Waals surface area (Å²) in [4.78, 5) is 36.0. The first-order chi connectivity index (χ1) is 8.84. The van der Waals surface area contributed by atoms with Gasteiger partial charge in [-0.2, -0.15) is 0 Å². The summed E-state index contributed by atoms with van der Waals surface area (Å²) in [5.74, 6) is -3.33. The van der Waals surface area contributed by atoms with Gasteiger partial charge in [0.15, 0.2) is 0 Å². The van der Waals surface area contributed by atoms with Crippen molar-refractivity contribution in [1.82, 2.24) is 0 Å². The van der Waals surface area contributed by atoms with Gasteiger partial charge in [0, 0.05) is 70.3 Å². The van der Waals surface area contributed by atoms with Crippen molar-refractivity contribution in [3.05, 3.63) is 0 Å². The van der Waals surface area contributed by atoms with Crippen molar-refractivity contribution >= 4 is 113 Å². The number of hydrogen-bond donors (Lipinski definition) is 6. The molecule has 24 heavy (non-hydrogen) atoms. The van der Waals surface area contributed by atoms with E-state index >= 15 is 0 Å². The Morgan fingerprint density at radius 3 is 0.667 bits per heavy atom. The number of carboxylic acids is 4. The molecule has 0 aliphatic heterocycles. The number of carboxylic acid groups (broad SMARTS) is 4. The van der Waals surface area contributed by atoms with Gasteiger partial charge in [-0.3, -0.25) is 19.2 Å². The first kappa shape index (κ1) is 56.3. The van der Waals surface area contributed by atoms with Crippen LogP contribution in [-0.4, -0.2) is 152 Å². The molecule has 0 aromatic carbocycles. The molecule has 0 bridgehead atoms. The SMILES string of the molecule is CC(=O)O.CC(=O)O.CC(=O)O.CC(=O)O.NCCN.O.[NaH].[NaH].[Na]. The smallest absolute Gasteiger partial charge is 0 e. The van der Waals surface area contributed by atoms with Crippen LogP contribution < -0.4 is 11.5 Å². The van der Waals surface area contributed by atoms with Crippen molar-refractivity contribution in [1.29, 1.82) is 0 Å². The standard InChI is InChI=1S/C2H8N2.4C2H4O2.3Na.H2O.2H/c3-1-2-4;4*1-2(3)4;;;;;;/h1-4H2;4*1H3,(H,3,4);;;;1H2;;. The van der Waals surface area contributed by atoms with Crippen LogP contribution in [0, 0.1) is 0 Å². The Kier molecular flexibility index (Phi) is 132. The summed E-state index contributed by atoms with van der Waals surface area (Å²) in [6.07, 6.45) is 0. The zero-order valence-electron chi connectivity index (χ0n) is 13.5. The first-order valence-corrected chi connectivity index (χ1v) is 5.03. The van der Waals surface area contributed by atoms with Gasteiger partial charge in [0.25, 0.3) is 23.9 Å². The summed E-state index contributed by atoms with van der Waals surface area (Å²) in [6.45, 7) is 5.53.